The molecule has 0 aromatic carbocycles. The highest BCUT2D eigenvalue weighted by molar-refractivity contribution is 5.92. The Morgan fingerprint density at radius 2 is 1.10 bits per heavy atom. The molecule has 1 saturated heterocycles. The predicted molar refractivity (Wildman–Crippen MR) is 77.1 cm³/mol. The first-order valence-corrected chi connectivity index (χ1v) is 7.56. The van der Waals surface area contributed by atoms with Gasteiger partial charge in [-0.05, 0) is 51.4 Å². The second-order valence-electron chi connectivity index (χ2n) is 7.11. The Morgan fingerprint density at radius 1 is 0.800 bits per heavy atom. The standard InChI is InChI=1S/C16H28O4/c1-11(2)7-9-15(5)13(17)20-16(6,14(18)19-15)10-8-12(3)4/h11-12H,7-10H2,1-6H3. The van der Waals surface area contributed by atoms with E-state index in [-0.39, 0.29) is 0 Å². The SMILES string of the molecule is CC(C)CCC1(C)OC(=O)C(C)(CCC(C)C)OC1=O. The van der Waals surface area contributed by atoms with E-state index in [9.17, 15) is 9.59 Å². The summed E-state index contributed by atoms with van der Waals surface area (Å²) in [5.41, 5.74) is -2.25. The molecule has 4 nitrogen and oxygen atoms in total. The number of ether oxygens (including phenoxy) is 2. The van der Waals surface area contributed by atoms with Crippen LogP contribution in [0.1, 0.15) is 67.2 Å². The van der Waals surface area contributed by atoms with Crippen LogP contribution in [0, 0.1) is 11.8 Å². The Kier molecular flexibility index (Phi) is 5.22. The van der Waals surface area contributed by atoms with Crippen LogP contribution in [-0.4, -0.2) is 23.1 Å². The normalized spacial score (nSPS) is 30.6. The van der Waals surface area contributed by atoms with Crippen LogP contribution in [0.4, 0.5) is 0 Å². The zero-order valence-corrected chi connectivity index (χ0v) is 13.6. The minimum atomic E-state index is -1.13. The van der Waals surface area contributed by atoms with E-state index in [1.54, 1.807) is 13.8 Å². The van der Waals surface area contributed by atoms with Gasteiger partial charge >= 0.3 is 11.9 Å². The summed E-state index contributed by atoms with van der Waals surface area (Å²) < 4.78 is 10.9. The molecule has 2 unspecified atom stereocenters. The summed E-state index contributed by atoms with van der Waals surface area (Å²) in [5, 5.41) is 0. The molecule has 4 heteroatoms. The molecule has 1 aliphatic rings. The van der Waals surface area contributed by atoms with Gasteiger partial charge in [0.05, 0.1) is 0 Å². The quantitative estimate of drug-likeness (QED) is 0.701. The number of carbonyl (C=O) groups is 2. The molecule has 1 fully saturated rings. The lowest BCUT2D eigenvalue weighted by atomic mass is 9.90. The van der Waals surface area contributed by atoms with Crippen LogP contribution in [0.2, 0.25) is 0 Å². The van der Waals surface area contributed by atoms with Crippen molar-refractivity contribution in [3.63, 3.8) is 0 Å². The molecule has 20 heavy (non-hydrogen) atoms. The van der Waals surface area contributed by atoms with Crippen molar-refractivity contribution in [2.24, 2.45) is 11.8 Å². The van der Waals surface area contributed by atoms with E-state index >= 15 is 0 Å². The first kappa shape index (κ1) is 17.0. The van der Waals surface area contributed by atoms with Gasteiger partial charge in [0.1, 0.15) is 0 Å². The summed E-state index contributed by atoms with van der Waals surface area (Å²) in [6.45, 7) is 11.6. The Labute approximate surface area is 122 Å². The van der Waals surface area contributed by atoms with Crippen molar-refractivity contribution in [1.29, 1.82) is 0 Å². The molecule has 1 heterocycles. The van der Waals surface area contributed by atoms with E-state index in [2.05, 4.69) is 27.7 Å². The number of rotatable bonds is 6. The fourth-order valence-electron chi connectivity index (χ4n) is 2.14. The van der Waals surface area contributed by atoms with Crippen LogP contribution < -0.4 is 0 Å². The topological polar surface area (TPSA) is 52.6 Å². The van der Waals surface area contributed by atoms with Crippen molar-refractivity contribution >= 4 is 11.9 Å². The molecule has 116 valence electrons. The van der Waals surface area contributed by atoms with Crippen molar-refractivity contribution in [3.8, 4) is 0 Å². The third-order valence-electron chi connectivity index (χ3n) is 3.90. The summed E-state index contributed by atoms with van der Waals surface area (Å²) in [5.74, 6) is 0.0770. The van der Waals surface area contributed by atoms with Gasteiger partial charge in [-0.1, -0.05) is 27.7 Å². The summed E-state index contributed by atoms with van der Waals surface area (Å²) >= 11 is 0. The maximum Gasteiger partial charge on any atom is 0.351 e. The van der Waals surface area contributed by atoms with Gasteiger partial charge in [0.25, 0.3) is 0 Å². The van der Waals surface area contributed by atoms with E-state index in [0.717, 1.165) is 12.8 Å². The highest BCUT2D eigenvalue weighted by Gasteiger charge is 2.53. The average Bonchev–Trinajstić information content (AvgIpc) is 2.32. The third-order valence-corrected chi connectivity index (χ3v) is 3.90. The highest BCUT2D eigenvalue weighted by Crippen LogP contribution is 2.35. The van der Waals surface area contributed by atoms with Crippen LogP contribution in [0.15, 0.2) is 0 Å². The zero-order chi connectivity index (χ0) is 15.6. The fraction of sp³-hybridized carbons (Fsp3) is 0.875. The number of hydrogen-bond donors (Lipinski definition) is 0. The first-order valence-electron chi connectivity index (χ1n) is 7.56. The molecule has 1 aliphatic heterocycles. The monoisotopic (exact) mass is 284 g/mol. The molecule has 0 amide bonds. The largest absolute Gasteiger partial charge is 0.444 e. The first-order chi connectivity index (χ1) is 9.09. The molecule has 0 aromatic rings. The van der Waals surface area contributed by atoms with Gasteiger partial charge in [-0.25, -0.2) is 9.59 Å². The third kappa shape index (κ3) is 3.97. The molecule has 0 spiro atoms. The summed E-state index contributed by atoms with van der Waals surface area (Å²) in [6.07, 6.45) is 2.66. The Morgan fingerprint density at radius 3 is 1.35 bits per heavy atom. The number of carbonyl (C=O) groups excluding carboxylic acids is 2. The van der Waals surface area contributed by atoms with Gasteiger partial charge in [0, 0.05) is 0 Å². The van der Waals surface area contributed by atoms with Crippen LogP contribution in [0.3, 0.4) is 0 Å². The van der Waals surface area contributed by atoms with Crippen molar-refractivity contribution in [2.45, 2.75) is 78.4 Å². The second kappa shape index (κ2) is 6.15. The molecule has 0 radical (unpaired) electrons. The maximum absolute atomic E-state index is 12.2. The van der Waals surface area contributed by atoms with Crippen LogP contribution in [-0.2, 0) is 19.1 Å². The molecule has 0 bridgehead atoms. The van der Waals surface area contributed by atoms with E-state index in [4.69, 9.17) is 9.47 Å². The predicted octanol–water partition coefficient (Wildman–Crippen LogP) is 3.48. The Bertz CT molecular complexity index is 339. The minimum absolute atomic E-state index is 0.413. The Balaban J connectivity index is 2.74. The van der Waals surface area contributed by atoms with Gasteiger partial charge in [0.2, 0.25) is 11.2 Å². The van der Waals surface area contributed by atoms with Crippen molar-refractivity contribution in [1.82, 2.24) is 0 Å². The maximum atomic E-state index is 12.2. The second-order valence-corrected chi connectivity index (χ2v) is 7.11. The van der Waals surface area contributed by atoms with E-state index in [1.807, 2.05) is 0 Å². The van der Waals surface area contributed by atoms with Crippen molar-refractivity contribution in [2.75, 3.05) is 0 Å². The highest BCUT2D eigenvalue weighted by atomic mass is 16.7. The minimum Gasteiger partial charge on any atom is -0.444 e. The molecular formula is C16H28O4. The molecule has 1 rings (SSSR count). The van der Waals surface area contributed by atoms with Gasteiger partial charge in [-0.3, -0.25) is 0 Å². The molecule has 0 saturated carbocycles. The summed E-state index contributed by atoms with van der Waals surface area (Å²) in [7, 11) is 0. The average molecular weight is 284 g/mol. The van der Waals surface area contributed by atoms with E-state index in [0.29, 0.717) is 24.7 Å². The van der Waals surface area contributed by atoms with E-state index in [1.165, 1.54) is 0 Å². The van der Waals surface area contributed by atoms with E-state index < -0.39 is 23.1 Å². The van der Waals surface area contributed by atoms with Gasteiger partial charge < -0.3 is 9.47 Å². The van der Waals surface area contributed by atoms with Crippen LogP contribution in [0.25, 0.3) is 0 Å². The van der Waals surface area contributed by atoms with Gasteiger partial charge in [-0.15, -0.1) is 0 Å². The molecular weight excluding hydrogens is 256 g/mol. The molecule has 2 atom stereocenters. The molecule has 0 aromatic heterocycles. The lowest BCUT2D eigenvalue weighted by Crippen LogP contribution is -2.57. The summed E-state index contributed by atoms with van der Waals surface area (Å²) in [4.78, 5) is 24.5. The molecule has 0 aliphatic carbocycles. The Hall–Kier alpha value is -1.06. The smallest absolute Gasteiger partial charge is 0.351 e. The molecule has 0 N–H and O–H groups in total. The van der Waals surface area contributed by atoms with Crippen molar-refractivity contribution in [3.05, 3.63) is 0 Å². The van der Waals surface area contributed by atoms with Crippen molar-refractivity contribution < 1.29 is 19.1 Å². The van der Waals surface area contributed by atoms with Gasteiger partial charge in [-0.2, -0.15) is 0 Å². The fourth-order valence-corrected chi connectivity index (χ4v) is 2.14. The van der Waals surface area contributed by atoms with Crippen LogP contribution >= 0.6 is 0 Å². The van der Waals surface area contributed by atoms with Crippen LogP contribution in [0.5, 0.6) is 0 Å². The zero-order valence-electron chi connectivity index (χ0n) is 13.6. The number of cyclic esters (lactones) is 2. The van der Waals surface area contributed by atoms with Gasteiger partial charge in [0.15, 0.2) is 0 Å². The lowest BCUT2D eigenvalue weighted by Gasteiger charge is -2.40. The number of esters is 2. The lowest BCUT2D eigenvalue weighted by molar-refractivity contribution is -0.225. The summed E-state index contributed by atoms with van der Waals surface area (Å²) in [6, 6.07) is 0. The number of hydrogen-bond acceptors (Lipinski definition) is 4.